The summed E-state index contributed by atoms with van der Waals surface area (Å²) in [5.74, 6) is 0.0476. The van der Waals surface area contributed by atoms with E-state index in [-0.39, 0.29) is 18.2 Å². The van der Waals surface area contributed by atoms with E-state index < -0.39 is 5.92 Å². The summed E-state index contributed by atoms with van der Waals surface area (Å²) in [5.41, 5.74) is 1.10. The van der Waals surface area contributed by atoms with Crippen molar-refractivity contribution in [2.75, 3.05) is 0 Å². The molecule has 0 amide bonds. The Bertz CT molecular complexity index is 404. The van der Waals surface area contributed by atoms with Crippen molar-refractivity contribution < 1.29 is 14.3 Å². The smallest absolute Gasteiger partial charge is 0.320 e. The van der Waals surface area contributed by atoms with Crippen LogP contribution in [0.5, 0.6) is 0 Å². The van der Waals surface area contributed by atoms with Gasteiger partial charge in [-0.25, -0.2) is 0 Å². The Morgan fingerprint density at radius 3 is 2.65 bits per heavy atom. The molecule has 0 radical (unpaired) electrons. The maximum absolute atomic E-state index is 12.0. The van der Waals surface area contributed by atoms with Crippen LogP contribution >= 0.6 is 0 Å². The van der Waals surface area contributed by atoms with Gasteiger partial charge in [-0.1, -0.05) is 23.8 Å². The van der Waals surface area contributed by atoms with E-state index in [1.54, 1.807) is 0 Å². The standard InChI is InChI=1S/C14H18O3/c1-9-4-6-12-13(7-5-9)16-10(2)8-11(3)17-14(12)15/h4-7,10-12H,8H2,1-3H3/t10-,11+,12-/m0/s1. The number of esters is 1. The highest BCUT2D eigenvalue weighted by Crippen LogP contribution is 2.26. The number of ether oxygens (including phenoxy) is 2. The number of carbonyl (C=O) groups excluding carboxylic acids is 1. The third-order valence-electron chi connectivity index (χ3n) is 2.94. The van der Waals surface area contributed by atoms with Crippen LogP contribution in [0, 0.1) is 5.92 Å². The maximum atomic E-state index is 12.0. The summed E-state index contributed by atoms with van der Waals surface area (Å²) in [6, 6.07) is 0. The second-order valence-electron chi connectivity index (χ2n) is 4.73. The van der Waals surface area contributed by atoms with Crippen LogP contribution in [0.25, 0.3) is 0 Å². The molecule has 3 heteroatoms. The van der Waals surface area contributed by atoms with Crippen molar-refractivity contribution in [2.24, 2.45) is 5.92 Å². The monoisotopic (exact) mass is 234 g/mol. The number of fused-ring (bicyclic) bond motifs is 1. The summed E-state index contributed by atoms with van der Waals surface area (Å²) in [6.07, 6.45) is 8.29. The molecule has 0 bridgehead atoms. The zero-order valence-electron chi connectivity index (χ0n) is 10.5. The first-order valence-electron chi connectivity index (χ1n) is 6.00. The third kappa shape index (κ3) is 2.78. The molecule has 0 N–H and O–H groups in total. The first-order valence-corrected chi connectivity index (χ1v) is 6.00. The first-order chi connectivity index (χ1) is 8.06. The summed E-state index contributed by atoms with van der Waals surface area (Å²) in [6.45, 7) is 5.89. The Labute approximate surface area is 102 Å². The molecular weight excluding hydrogens is 216 g/mol. The number of hydrogen-bond acceptors (Lipinski definition) is 3. The van der Waals surface area contributed by atoms with Crippen LogP contribution in [0.4, 0.5) is 0 Å². The lowest BCUT2D eigenvalue weighted by molar-refractivity contribution is -0.155. The highest BCUT2D eigenvalue weighted by molar-refractivity contribution is 5.78. The second-order valence-corrected chi connectivity index (χ2v) is 4.73. The van der Waals surface area contributed by atoms with Gasteiger partial charge in [0.25, 0.3) is 0 Å². The lowest BCUT2D eigenvalue weighted by atomic mass is 10.0. The molecule has 1 fully saturated rings. The number of hydrogen-bond donors (Lipinski definition) is 0. The highest BCUT2D eigenvalue weighted by atomic mass is 16.6. The summed E-state index contributed by atoms with van der Waals surface area (Å²) in [5, 5.41) is 0. The summed E-state index contributed by atoms with van der Waals surface area (Å²) < 4.78 is 11.2. The molecule has 0 aromatic carbocycles. The van der Waals surface area contributed by atoms with Crippen LogP contribution in [0.15, 0.2) is 35.6 Å². The van der Waals surface area contributed by atoms with Crippen LogP contribution in [0.3, 0.4) is 0 Å². The fourth-order valence-electron chi connectivity index (χ4n) is 2.09. The van der Waals surface area contributed by atoms with Crippen molar-refractivity contribution in [3.05, 3.63) is 35.6 Å². The predicted octanol–water partition coefficient (Wildman–Crippen LogP) is 2.74. The Balaban J connectivity index is 2.30. The van der Waals surface area contributed by atoms with Gasteiger partial charge in [-0.05, 0) is 26.8 Å². The van der Waals surface area contributed by atoms with Gasteiger partial charge in [0.1, 0.15) is 17.8 Å². The molecule has 1 saturated heterocycles. The van der Waals surface area contributed by atoms with Crippen LogP contribution in [-0.4, -0.2) is 18.2 Å². The van der Waals surface area contributed by atoms with E-state index in [0.29, 0.717) is 5.76 Å². The van der Waals surface area contributed by atoms with Crippen molar-refractivity contribution in [3.63, 3.8) is 0 Å². The summed E-state index contributed by atoms with van der Waals surface area (Å²) >= 11 is 0. The van der Waals surface area contributed by atoms with Gasteiger partial charge in [-0.3, -0.25) is 4.79 Å². The van der Waals surface area contributed by atoms with Gasteiger partial charge in [0.2, 0.25) is 0 Å². The molecule has 0 aromatic heterocycles. The van der Waals surface area contributed by atoms with E-state index >= 15 is 0 Å². The molecule has 17 heavy (non-hydrogen) atoms. The van der Waals surface area contributed by atoms with Crippen molar-refractivity contribution in [1.82, 2.24) is 0 Å². The van der Waals surface area contributed by atoms with Crippen molar-refractivity contribution >= 4 is 5.97 Å². The van der Waals surface area contributed by atoms with E-state index in [1.165, 1.54) is 0 Å². The van der Waals surface area contributed by atoms with Gasteiger partial charge in [0, 0.05) is 6.42 Å². The van der Waals surface area contributed by atoms with E-state index in [4.69, 9.17) is 9.47 Å². The van der Waals surface area contributed by atoms with E-state index in [2.05, 4.69) is 0 Å². The molecule has 0 saturated carbocycles. The van der Waals surface area contributed by atoms with E-state index in [1.807, 2.05) is 45.1 Å². The SMILES string of the molecule is CC1=CC=C2O[C@@H](C)C[C@@H](C)OC(=O)[C@H]2C=C1. The summed E-state index contributed by atoms with van der Waals surface area (Å²) in [4.78, 5) is 12.0. The predicted molar refractivity (Wildman–Crippen MR) is 65.2 cm³/mol. The zero-order chi connectivity index (χ0) is 12.4. The lowest BCUT2D eigenvalue weighted by Crippen LogP contribution is -2.31. The highest BCUT2D eigenvalue weighted by Gasteiger charge is 2.30. The van der Waals surface area contributed by atoms with Crippen molar-refractivity contribution in [1.29, 1.82) is 0 Å². The van der Waals surface area contributed by atoms with Crippen LogP contribution in [-0.2, 0) is 14.3 Å². The van der Waals surface area contributed by atoms with Gasteiger partial charge in [-0.2, -0.15) is 0 Å². The van der Waals surface area contributed by atoms with Gasteiger partial charge < -0.3 is 9.47 Å². The average molecular weight is 234 g/mol. The molecule has 1 aliphatic heterocycles. The van der Waals surface area contributed by atoms with Gasteiger partial charge >= 0.3 is 5.97 Å². The number of carbonyl (C=O) groups is 1. The normalized spacial score (nSPS) is 33.1. The Morgan fingerprint density at radius 2 is 1.88 bits per heavy atom. The molecule has 92 valence electrons. The fourth-order valence-corrected chi connectivity index (χ4v) is 2.09. The molecule has 1 heterocycles. The van der Waals surface area contributed by atoms with Crippen LogP contribution < -0.4 is 0 Å². The maximum Gasteiger partial charge on any atom is 0.320 e. The quantitative estimate of drug-likeness (QED) is 0.604. The van der Waals surface area contributed by atoms with E-state index in [9.17, 15) is 4.79 Å². The zero-order valence-corrected chi connectivity index (χ0v) is 10.5. The Kier molecular flexibility index (Phi) is 3.36. The average Bonchev–Trinajstić information content (AvgIpc) is 2.39. The lowest BCUT2D eigenvalue weighted by Gasteiger charge is -2.27. The molecule has 1 aliphatic carbocycles. The molecule has 3 atom stereocenters. The Morgan fingerprint density at radius 1 is 1.18 bits per heavy atom. The van der Waals surface area contributed by atoms with Crippen LogP contribution in [0.2, 0.25) is 0 Å². The number of cyclic esters (lactones) is 1. The first kappa shape index (κ1) is 12.0. The summed E-state index contributed by atoms with van der Waals surface area (Å²) in [7, 11) is 0. The number of allylic oxidation sites excluding steroid dienone is 4. The van der Waals surface area contributed by atoms with Crippen molar-refractivity contribution in [3.8, 4) is 0 Å². The van der Waals surface area contributed by atoms with E-state index in [0.717, 1.165) is 12.0 Å². The minimum Gasteiger partial charge on any atom is -0.494 e. The molecule has 2 aliphatic rings. The topological polar surface area (TPSA) is 35.5 Å². The molecule has 0 aromatic rings. The van der Waals surface area contributed by atoms with Crippen LogP contribution in [0.1, 0.15) is 27.2 Å². The minimum atomic E-state index is -0.408. The van der Waals surface area contributed by atoms with Gasteiger partial charge in [-0.15, -0.1) is 0 Å². The molecular formula is C14H18O3. The Hall–Kier alpha value is -1.51. The largest absolute Gasteiger partial charge is 0.494 e. The molecule has 0 spiro atoms. The third-order valence-corrected chi connectivity index (χ3v) is 2.94. The van der Waals surface area contributed by atoms with Gasteiger partial charge in [0.05, 0.1) is 6.10 Å². The van der Waals surface area contributed by atoms with Gasteiger partial charge in [0.15, 0.2) is 0 Å². The molecule has 3 nitrogen and oxygen atoms in total. The second kappa shape index (κ2) is 4.78. The fraction of sp³-hybridized carbons (Fsp3) is 0.500. The molecule has 0 unspecified atom stereocenters. The minimum absolute atomic E-state index is 0.0621. The number of rotatable bonds is 0. The van der Waals surface area contributed by atoms with Crippen molar-refractivity contribution in [2.45, 2.75) is 39.4 Å². The molecule has 2 rings (SSSR count).